The molecule has 1 atom stereocenters. The third-order valence-electron chi connectivity index (χ3n) is 4.76. The molecule has 0 fully saturated rings. The van der Waals surface area contributed by atoms with Crippen molar-refractivity contribution in [3.05, 3.63) is 64.7 Å². The standard InChI is InChI=1S/C23H26BrNO5S/c1-23(2,13-5-4-6-20(27)28)21(18-14-15(24)7-12-19(18)26)30-22(29)25-16-8-10-17(31-3)11-9-16/h4,6-12,14,21,26H,5,13H2,1-3H3,(H,25,29)(H,27,28)/b6-4+/t21-/m0/s1. The first-order chi connectivity index (χ1) is 14.6. The fourth-order valence-corrected chi connectivity index (χ4v) is 3.87. The van der Waals surface area contributed by atoms with Gasteiger partial charge in [-0.2, -0.15) is 0 Å². The van der Waals surface area contributed by atoms with Crippen molar-refractivity contribution < 1.29 is 24.5 Å². The number of aromatic hydroxyl groups is 1. The SMILES string of the molecule is CSc1ccc(NC(=O)O[C@@H](c2cc(Br)ccc2O)C(C)(C)CC/C=C/C(=O)O)cc1. The van der Waals surface area contributed by atoms with Crippen molar-refractivity contribution in [2.24, 2.45) is 5.41 Å². The average Bonchev–Trinajstić information content (AvgIpc) is 2.72. The molecule has 2 aromatic rings. The number of phenolic OH excluding ortho intramolecular Hbond substituents is 1. The number of halogens is 1. The summed E-state index contributed by atoms with van der Waals surface area (Å²) in [6.07, 6.45) is 4.22. The Balaban J connectivity index is 2.24. The number of aliphatic carboxylic acids is 1. The van der Waals surface area contributed by atoms with E-state index < -0.39 is 23.6 Å². The normalized spacial score (nSPS) is 12.5. The third kappa shape index (κ3) is 7.63. The largest absolute Gasteiger partial charge is 0.508 e. The van der Waals surface area contributed by atoms with Crippen molar-refractivity contribution >= 4 is 45.4 Å². The number of hydrogen-bond acceptors (Lipinski definition) is 5. The Morgan fingerprint density at radius 3 is 2.52 bits per heavy atom. The maximum Gasteiger partial charge on any atom is 0.412 e. The molecule has 0 aliphatic rings. The van der Waals surface area contributed by atoms with Crippen LogP contribution < -0.4 is 5.32 Å². The van der Waals surface area contributed by atoms with E-state index in [9.17, 15) is 14.7 Å². The van der Waals surface area contributed by atoms with Crippen LogP contribution in [0.1, 0.15) is 38.4 Å². The number of hydrogen-bond donors (Lipinski definition) is 3. The number of carbonyl (C=O) groups excluding carboxylic acids is 1. The number of anilines is 1. The molecule has 0 aromatic heterocycles. The smallest absolute Gasteiger partial charge is 0.412 e. The molecule has 0 heterocycles. The first-order valence-electron chi connectivity index (χ1n) is 9.62. The molecule has 0 unspecified atom stereocenters. The van der Waals surface area contributed by atoms with Crippen LogP contribution in [0.25, 0.3) is 0 Å². The van der Waals surface area contributed by atoms with Crippen LogP contribution in [0, 0.1) is 5.41 Å². The first kappa shape index (κ1) is 24.8. The average molecular weight is 508 g/mol. The molecule has 1 amide bonds. The number of carboxylic acid groups (broad SMARTS) is 1. The number of phenols is 1. The second kappa shape index (κ2) is 11.2. The zero-order valence-corrected chi connectivity index (χ0v) is 20.0. The van der Waals surface area contributed by atoms with Crippen molar-refractivity contribution in [1.82, 2.24) is 0 Å². The lowest BCUT2D eigenvalue weighted by atomic mass is 9.78. The molecule has 0 radical (unpaired) electrons. The highest BCUT2D eigenvalue weighted by Gasteiger charge is 2.35. The van der Waals surface area contributed by atoms with Gasteiger partial charge in [0.2, 0.25) is 0 Å². The van der Waals surface area contributed by atoms with Gasteiger partial charge in [0.25, 0.3) is 0 Å². The molecule has 0 bridgehead atoms. The Hall–Kier alpha value is -2.45. The second-order valence-electron chi connectivity index (χ2n) is 7.61. The van der Waals surface area contributed by atoms with Crippen LogP contribution in [0.15, 0.2) is 64.0 Å². The van der Waals surface area contributed by atoms with Gasteiger partial charge in [-0.3, -0.25) is 5.32 Å². The lowest BCUT2D eigenvalue weighted by Crippen LogP contribution is -2.29. The van der Waals surface area contributed by atoms with Crippen LogP contribution in [0.2, 0.25) is 0 Å². The Morgan fingerprint density at radius 1 is 1.23 bits per heavy atom. The maximum atomic E-state index is 12.7. The van der Waals surface area contributed by atoms with Gasteiger partial charge in [0.15, 0.2) is 0 Å². The van der Waals surface area contributed by atoms with Gasteiger partial charge in [0.1, 0.15) is 11.9 Å². The van der Waals surface area contributed by atoms with Gasteiger partial charge in [-0.25, -0.2) is 9.59 Å². The molecule has 2 rings (SSSR count). The summed E-state index contributed by atoms with van der Waals surface area (Å²) in [6, 6.07) is 12.3. The Morgan fingerprint density at radius 2 is 1.90 bits per heavy atom. The van der Waals surface area contributed by atoms with Crippen LogP contribution in [0.3, 0.4) is 0 Å². The molecule has 0 aliphatic heterocycles. The van der Waals surface area contributed by atoms with E-state index in [4.69, 9.17) is 9.84 Å². The maximum absolute atomic E-state index is 12.7. The van der Waals surface area contributed by atoms with E-state index >= 15 is 0 Å². The highest BCUT2D eigenvalue weighted by molar-refractivity contribution is 9.10. The van der Waals surface area contributed by atoms with E-state index in [0.29, 0.717) is 24.1 Å². The molecule has 2 aromatic carbocycles. The van der Waals surface area contributed by atoms with E-state index in [-0.39, 0.29) is 5.75 Å². The molecule has 6 nitrogen and oxygen atoms in total. The van der Waals surface area contributed by atoms with Gasteiger partial charge >= 0.3 is 12.1 Å². The zero-order valence-electron chi connectivity index (χ0n) is 17.6. The van der Waals surface area contributed by atoms with Crippen molar-refractivity contribution in [3.63, 3.8) is 0 Å². The van der Waals surface area contributed by atoms with Crippen molar-refractivity contribution in [1.29, 1.82) is 0 Å². The molecule has 166 valence electrons. The van der Waals surface area contributed by atoms with Gasteiger partial charge in [0.05, 0.1) is 0 Å². The lowest BCUT2D eigenvalue weighted by Gasteiger charge is -2.34. The Bertz CT molecular complexity index is 943. The van der Waals surface area contributed by atoms with E-state index in [1.165, 1.54) is 6.07 Å². The number of ether oxygens (including phenoxy) is 1. The fraction of sp³-hybridized carbons (Fsp3) is 0.304. The number of carboxylic acids is 1. The number of rotatable bonds is 9. The zero-order chi connectivity index (χ0) is 23.0. The molecule has 3 N–H and O–H groups in total. The summed E-state index contributed by atoms with van der Waals surface area (Å²) in [5.41, 5.74) is 0.470. The quantitative estimate of drug-likeness (QED) is 0.261. The minimum absolute atomic E-state index is 0.0134. The Kier molecular flexibility index (Phi) is 9.00. The summed E-state index contributed by atoms with van der Waals surface area (Å²) < 4.78 is 6.54. The minimum Gasteiger partial charge on any atom is -0.508 e. The first-order valence-corrected chi connectivity index (χ1v) is 11.6. The topological polar surface area (TPSA) is 95.9 Å². The molecule has 0 saturated heterocycles. The van der Waals surface area contributed by atoms with Gasteiger partial charge < -0.3 is 14.9 Å². The molecule has 8 heteroatoms. The predicted molar refractivity (Wildman–Crippen MR) is 127 cm³/mol. The molecule has 0 saturated carbocycles. The highest BCUT2D eigenvalue weighted by Crippen LogP contribution is 2.44. The number of allylic oxidation sites excluding steroid dienone is 1. The van der Waals surface area contributed by atoms with Gasteiger partial charge in [-0.05, 0) is 61.6 Å². The van der Waals surface area contributed by atoms with E-state index in [0.717, 1.165) is 15.4 Å². The number of nitrogens with one attached hydrogen (secondary N) is 1. The summed E-state index contributed by atoms with van der Waals surface area (Å²) in [6.45, 7) is 3.82. The lowest BCUT2D eigenvalue weighted by molar-refractivity contribution is -0.131. The number of carbonyl (C=O) groups is 2. The van der Waals surface area contributed by atoms with E-state index in [2.05, 4.69) is 21.2 Å². The highest BCUT2D eigenvalue weighted by atomic mass is 79.9. The summed E-state index contributed by atoms with van der Waals surface area (Å²) in [5.74, 6) is -0.999. The molecular weight excluding hydrogens is 482 g/mol. The van der Waals surface area contributed by atoms with Crippen LogP contribution in [0.5, 0.6) is 5.75 Å². The molecule has 31 heavy (non-hydrogen) atoms. The van der Waals surface area contributed by atoms with Crippen LogP contribution in [-0.2, 0) is 9.53 Å². The monoisotopic (exact) mass is 507 g/mol. The van der Waals surface area contributed by atoms with E-state index in [1.54, 1.807) is 42.1 Å². The van der Waals surface area contributed by atoms with Crippen LogP contribution >= 0.6 is 27.7 Å². The van der Waals surface area contributed by atoms with Gasteiger partial charge in [0, 0.05) is 32.1 Å². The van der Waals surface area contributed by atoms with Crippen LogP contribution in [0.4, 0.5) is 10.5 Å². The van der Waals surface area contributed by atoms with Gasteiger partial charge in [-0.1, -0.05) is 35.9 Å². The summed E-state index contributed by atoms with van der Waals surface area (Å²) in [7, 11) is 0. The van der Waals surface area contributed by atoms with Gasteiger partial charge in [-0.15, -0.1) is 11.8 Å². The third-order valence-corrected chi connectivity index (χ3v) is 6.00. The fourth-order valence-electron chi connectivity index (χ4n) is 3.08. The predicted octanol–water partition coefficient (Wildman–Crippen LogP) is 6.61. The molecular formula is C23H26BrNO5S. The minimum atomic E-state index is -1.01. The van der Waals surface area contributed by atoms with Crippen molar-refractivity contribution in [3.8, 4) is 5.75 Å². The second-order valence-corrected chi connectivity index (χ2v) is 9.41. The summed E-state index contributed by atoms with van der Waals surface area (Å²) in [5, 5.41) is 22.0. The van der Waals surface area contributed by atoms with Crippen molar-refractivity contribution in [2.45, 2.75) is 37.7 Å². The summed E-state index contributed by atoms with van der Waals surface area (Å²) >= 11 is 5.00. The number of thioether (sulfide) groups is 1. The van der Waals surface area contributed by atoms with E-state index in [1.807, 2.05) is 32.2 Å². The van der Waals surface area contributed by atoms with Crippen LogP contribution in [-0.4, -0.2) is 28.5 Å². The molecule has 0 aliphatic carbocycles. The number of benzene rings is 2. The Labute approximate surface area is 194 Å². The van der Waals surface area contributed by atoms with Crippen molar-refractivity contribution in [2.75, 3.05) is 11.6 Å². The number of amides is 1. The molecule has 0 spiro atoms. The summed E-state index contributed by atoms with van der Waals surface area (Å²) in [4.78, 5) is 24.5.